The predicted octanol–water partition coefficient (Wildman–Crippen LogP) is 6.27. The SMILES string of the molecule is CCCCc1ccc2ccccc2c1S(=O)(=O)O.c1ccc2ccccc2c1. The first-order valence-corrected chi connectivity index (χ1v) is 10.9. The third-order valence-corrected chi connectivity index (χ3v) is 5.68. The van der Waals surface area contributed by atoms with Crippen molar-refractivity contribution in [3.05, 3.63) is 90.5 Å². The molecular weight excluding hydrogens is 368 g/mol. The van der Waals surface area contributed by atoms with Crippen molar-refractivity contribution >= 4 is 31.7 Å². The Kier molecular flexibility index (Phi) is 6.45. The van der Waals surface area contributed by atoms with Gasteiger partial charge >= 0.3 is 0 Å². The monoisotopic (exact) mass is 392 g/mol. The molecule has 1 N–H and O–H groups in total. The lowest BCUT2D eigenvalue weighted by Crippen LogP contribution is -2.04. The molecule has 0 fully saturated rings. The van der Waals surface area contributed by atoms with E-state index >= 15 is 0 Å². The topological polar surface area (TPSA) is 54.4 Å². The first-order chi connectivity index (χ1) is 13.5. The lowest BCUT2D eigenvalue weighted by molar-refractivity contribution is 0.483. The van der Waals surface area contributed by atoms with Crippen LogP contribution in [-0.2, 0) is 16.5 Å². The highest BCUT2D eigenvalue weighted by Crippen LogP contribution is 2.27. The van der Waals surface area contributed by atoms with Gasteiger partial charge < -0.3 is 0 Å². The molecule has 0 atom stereocenters. The molecule has 0 aromatic heterocycles. The Morgan fingerprint density at radius 3 is 1.71 bits per heavy atom. The summed E-state index contributed by atoms with van der Waals surface area (Å²) in [6, 6.07) is 27.6. The number of hydrogen-bond acceptors (Lipinski definition) is 2. The van der Waals surface area contributed by atoms with Gasteiger partial charge in [0.2, 0.25) is 0 Å². The fourth-order valence-corrected chi connectivity index (χ4v) is 4.26. The van der Waals surface area contributed by atoms with Crippen molar-refractivity contribution in [1.29, 1.82) is 0 Å². The predicted molar refractivity (Wildman–Crippen MR) is 116 cm³/mol. The molecule has 4 rings (SSSR count). The van der Waals surface area contributed by atoms with Crippen LogP contribution in [0.1, 0.15) is 25.3 Å². The van der Waals surface area contributed by atoms with E-state index in [9.17, 15) is 13.0 Å². The minimum Gasteiger partial charge on any atom is -0.282 e. The summed E-state index contributed by atoms with van der Waals surface area (Å²) < 4.78 is 32.6. The van der Waals surface area contributed by atoms with Gasteiger partial charge in [0.15, 0.2) is 0 Å². The van der Waals surface area contributed by atoms with E-state index in [0.717, 1.165) is 18.2 Å². The maximum Gasteiger partial charge on any atom is 0.295 e. The molecule has 0 heterocycles. The highest BCUT2D eigenvalue weighted by Gasteiger charge is 2.18. The largest absolute Gasteiger partial charge is 0.295 e. The Morgan fingerprint density at radius 1 is 0.714 bits per heavy atom. The zero-order valence-corrected chi connectivity index (χ0v) is 16.7. The Balaban J connectivity index is 0.000000188. The van der Waals surface area contributed by atoms with E-state index in [-0.39, 0.29) is 4.90 Å². The number of rotatable bonds is 4. The highest BCUT2D eigenvalue weighted by molar-refractivity contribution is 7.86. The molecule has 0 aliphatic rings. The Bertz CT molecular complexity index is 1120. The van der Waals surface area contributed by atoms with E-state index in [2.05, 4.69) is 48.5 Å². The van der Waals surface area contributed by atoms with Gasteiger partial charge in [-0.15, -0.1) is 0 Å². The van der Waals surface area contributed by atoms with Crippen LogP contribution in [0, 0.1) is 0 Å². The van der Waals surface area contributed by atoms with Gasteiger partial charge in [-0.05, 0) is 34.6 Å². The van der Waals surface area contributed by atoms with E-state index in [1.165, 1.54) is 10.8 Å². The maximum atomic E-state index is 11.6. The number of aryl methyl sites for hydroxylation is 1. The quantitative estimate of drug-likeness (QED) is 0.417. The van der Waals surface area contributed by atoms with Crippen LogP contribution in [0.3, 0.4) is 0 Å². The molecule has 4 aromatic rings. The summed E-state index contributed by atoms with van der Waals surface area (Å²) in [5, 5.41) is 4.04. The fourth-order valence-electron chi connectivity index (χ4n) is 3.29. The molecule has 0 bridgehead atoms. The van der Waals surface area contributed by atoms with Crippen LogP contribution in [0.2, 0.25) is 0 Å². The van der Waals surface area contributed by atoms with Gasteiger partial charge in [-0.3, -0.25) is 4.55 Å². The molecule has 0 saturated heterocycles. The van der Waals surface area contributed by atoms with Crippen LogP contribution in [0.4, 0.5) is 0 Å². The minimum absolute atomic E-state index is 0.0639. The summed E-state index contributed by atoms with van der Waals surface area (Å²) in [5.74, 6) is 0. The van der Waals surface area contributed by atoms with Crippen molar-refractivity contribution in [2.45, 2.75) is 31.1 Å². The molecular formula is C24H24O3S. The standard InChI is InChI=1S/C14H16O3S.C10H8/c1-2-3-6-12-10-9-11-7-4-5-8-13(11)14(12)18(15,16)17;1-2-6-10-8-4-3-7-9(10)5-1/h4-5,7-10H,2-3,6H2,1H3,(H,15,16,17);1-8H. The molecule has 0 amide bonds. The third kappa shape index (κ3) is 4.77. The van der Waals surface area contributed by atoms with E-state index in [1.54, 1.807) is 18.2 Å². The van der Waals surface area contributed by atoms with Crippen LogP contribution < -0.4 is 0 Å². The molecule has 0 aliphatic heterocycles. The number of unbranched alkanes of at least 4 members (excludes halogenated alkanes) is 1. The number of fused-ring (bicyclic) bond motifs is 2. The van der Waals surface area contributed by atoms with Gasteiger partial charge in [0, 0.05) is 5.39 Å². The van der Waals surface area contributed by atoms with Gasteiger partial charge in [0.25, 0.3) is 10.1 Å². The lowest BCUT2D eigenvalue weighted by atomic mass is 10.0. The van der Waals surface area contributed by atoms with E-state index in [1.807, 2.05) is 25.1 Å². The van der Waals surface area contributed by atoms with Crippen molar-refractivity contribution < 1.29 is 13.0 Å². The molecule has 4 heteroatoms. The Morgan fingerprint density at radius 2 is 1.21 bits per heavy atom. The van der Waals surface area contributed by atoms with Gasteiger partial charge in [-0.25, -0.2) is 0 Å². The molecule has 0 radical (unpaired) electrons. The first kappa shape index (κ1) is 20.1. The van der Waals surface area contributed by atoms with Crippen molar-refractivity contribution in [2.24, 2.45) is 0 Å². The van der Waals surface area contributed by atoms with Crippen LogP contribution in [-0.4, -0.2) is 13.0 Å². The minimum atomic E-state index is -4.19. The van der Waals surface area contributed by atoms with Crippen LogP contribution >= 0.6 is 0 Å². The molecule has 28 heavy (non-hydrogen) atoms. The average Bonchev–Trinajstić information content (AvgIpc) is 2.71. The normalized spacial score (nSPS) is 11.2. The third-order valence-electron chi connectivity index (χ3n) is 4.68. The molecule has 4 aromatic carbocycles. The van der Waals surface area contributed by atoms with E-state index in [0.29, 0.717) is 17.4 Å². The van der Waals surface area contributed by atoms with Crippen molar-refractivity contribution in [3.63, 3.8) is 0 Å². The second-order valence-electron chi connectivity index (χ2n) is 6.70. The van der Waals surface area contributed by atoms with E-state index in [4.69, 9.17) is 0 Å². The van der Waals surface area contributed by atoms with Crippen LogP contribution in [0.25, 0.3) is 21.5 Å². The van der Waals surface area contributed by atoms with Gasteiger partial charge in [-0.2, -0.15) is 8.42 Å². The maximum absolute atomic E-state index is 11.6. The fraction of sp³-hybridized carbons (Fsp3) is 0.167. The molecule has 0 saturated carbocycles. The zero-order chi connectivity index (χ0) is 20.0. The summed E-state index contributed by atoms with van der Waals surface area (Å²) >= 11 is 0. The molecule has 0 unspecified atom stereocenters. The summed E-state index contributed by atoms with van der Waals surface area (Å²) in [4.78, 5) is 0.0639. The lowest BCUT2D eigenvalue weighted by Gasteiger charge is -2.10. The average molecular weight is 393 g/mol. The van der Waals surface area contributed by atoms with Gasteiger partial charge in [0.1, 0.15) is 4.90 Å². The smallest absolute Gasteiger partial charge is 0.282 e. The van der Waals surface area contributed by atoms with Crippen molar-refractivity contribution in [1.82, 2.24) is 0 Å². The second kappa shape index (κ2) is 9.00. The number of hydrogen-bond donors (Lipinski definition) is 1. The first-order valence-electron chi connectivity index (χ1n) is 9.42. The Hall–Kier alpha value is -2.69. The summed E-state index contributed by atoms with van der Waals surface area (Å²) in [6.07, 6.45) is 2.55. The summed E-state index contributed by atoms with van der Waals surface area (Å²) in [6.45, 7) is 2.05. The molecule has 3 nitrogen and oxygen atoms in total. The molecule has 144 valence electrons. The van der Waals surface area contributed by atoms with Crippen LogP contribution in [0.5, 0.6) is 0 Å². The second-order valence-corrected chi connectivity index (χ2v) is 8.06. The van der Waals surface area contributed by atoms with E-state index < -0.39 is 10.1 Å². The molecule has 0 aliphatic carbocycles. The highest BCUT2D eigenvalue weighted by atomic mass is 32.2. The van der Waals surface area contributed by atoms with Crippen molar-refractivity contribution in [3.8, 4) is 0 Å². The zero-order valence-electron chi connectivity index (χ0n) is 15.9. The van der Waals surface area contributed by atoms with Gasteiger partial charge in [-0.1, -0.05) is 98.3 Å². The molecule has 0 spiro atoms. The van der Waals surface area contributed by atoms with Crippen LogP contribution in [0.15, 0.2) is 89.8 Å². The summed E-state index contributed by atoms with van der Waals surface area (Å²) in [5.41, 5.74) is 0.693. The number of benzene rings is 4. The van der Waals surface area contributed by atoms with Crippen molar-refractivity contribution in [2.75, 3.05) is 0 Å². The Labute approximate surface area is 166 Å². The van der Waals surface area contributed by atoms with Gasteiger partial charge in [0.05, 0.1) is 0 Å². The summed E-state index contributed by atoms with van der Waals surface area (Å²) in [7, 11) is -4.19.